The van der Waals surface area contributed by atoms with E-state index in [4.69, 9.17) is 10.3 Å². The lowest BCUT2D eigenvalue weighted by Gasteiger charge is -2.34. The summed E-state index contributed by atoms with van der Waals surface area (Å²) in [4.78, 5) is 4.36. The molecule has 0 amide bonds. The van der Waals surface area contributed by atoms with Gasteiger partial charge in [0.1, 0.15) is 5.82 Å². The zero-order valence-electron chi connectivity index (χ0n) is 11.0. The predicted molar refractivity (Wildman–Crippen MR) is 75.1 cm³/mol. The van der Waals surface area contributed by atoms with Gasteiger partial charge in [0.15, 0.2) is 5.82 Å². The van der Waals surface area contributed by atoms with E-state index in [0.717, 1.165) is 31.2 Å². The Morgan fingerprint density at radius 3 is 2.50 bits per heavy atom. The summed E-state index contributed by atoms with van der Waals surface area (Å²) in [5.74, 6) is 0.989. The molecule has 3 rings (SSSR count). The minimum atomic E-state index is -0.377. The van der Waals surface area contributed by atoms with Crippen LogP contribution in [0.2, 0.25) is 0 Å². The van der Waals surface area contributed by atoms with Crippen molar-refractivity contribution in [3.05, 3.63) is 47.4 Å². The Balaban J connectivity index is 0.00000147. The van der Waals surface area contributed by atoms with E-state index in [1.165, 1.54) is 12.1 Å². The highest BCUT2D eigenvalue weighted by molar-refractivity contribution is 5.85. The zero-order chi connectivity index (χ0) is 13.3. The van der Waals surface area contributed by atoms with E-state index in [1.54, 1.807) is 12.1 Å². The number of rotatable bonds is 4. The first-order valence-corrected chi connectivity index (χ1v) is 6.52. The summed E-state index contributed by atoms with van der Waals surface area (Å²) in [6.07, 6.45) is 4.36. The van der Waals surface area contributed by atoms with Crippen LogP contribution in [0.1, 0.15) is 36.5 Å². The Kier molecular flexibility index (Phi) is 4.40. The Morgan fingerprint density at radius 1 is 1.20 bits per heavy atom. The third-order valence-electron chi connectivity index (χ3n) is 3.70. The molecule has 6 heteroatoms. The zero-order valence-corrected chi connectivity index (χ0v) is 11.8. The van der Waals surface area contributed by atoms with Crippen LogP contribution in [0, 0.1) is 5.82 Å². The van der Waals surface area contributed by atoms with Crippen LogP contribution in [-0.2, 0) is 18.4 Å². The average Bonchev–Trinajstić information content (AvgIpc) is 2.84. The smallest absolute Gasteiger partial charge is 0.227 e. The van der Waals surface area contributed by atoms with Gasteiger partial charge in [0.25, 0.3) is 0 Å². The SMILES string of the molecule is Cl.NC1(c2noc(CCc3ccc(F)cc3)n2)CCC1. The maximum absolute atomic E-state index is 12.8. The van der Waals surface area contributed by atoms with Gasteiger partial charge in [-0.05, 0) is 43.4 Å². The Morgan fingerprint density at radius 2 is 1.90 bits per heavy atom. The molecule has 20 heavy (non-hydrogen) atoms. The molecule has 0 bridgehead atoms. The molecule has 1 aliphatic rings. The molecule has 108 valence electrons. The first-order valence-electron chi connectivity index (χ1n) is 6.52. The molecule has 1 saturated carbocycles. The van der Waals surface area contributed by atoms with Crippen LogP contribution in [0.3, 0.4) is 0 Å². The quantitative estimate of drug-likeness (QED) is 0.942. The summed E-state index contributed by atoms with van der Waals surface area (Å²) in [7, 11) is 0. The van der Waals surface area contributed by atoms with E-state index in [9.17, 15) is 4.39 Å². The van der Waals surface area contributed by atoms with Crippen molar-refractivity contribution in [1.82, 2.24) is 10.1 Å². The molecule has 1 aromatic carbocycles. The minimum Gasteiger partial charge on any atom is -0.339 e. The predicted octanol–water partition coefficient (Wildman–Crippen LogP) is 2.75. The molecule has 0 aliphatic heterocycles. The van der Waals surface area contributed by atoms with E-state index in [-0.39, 0.29) is 23.8 Å². The second kappa shape index (κ2) is 5.89. The van der Waals surface area contributed by atoms with Crippen molar-refractivity contribution >= 4 is 12.4 Å². The van der Waals surface area contributed by atoms with Crippen molar-refractivity contribution in [2.24, 2.45) is 5.73 Å². The van der Waals surface area contributed by atoms with Crippen molar-refractivity contribution in [2.75, 3.05) is 0 Å². The van der Waals surface area contributed by atoms with Gasteiger partial charge < -0.3 is 10.3 Å². The van der Waals surface area contributed by atoms with Crippen molar-refractivity contribution in [3.8, 4) is 0 Å². The molecule has 0 atom stereocenters. The molecule has 2 aromatic rings. The lowest BCUT2D eigenvalue weighted by Crippen LogP contribution is -2.44. The number of aromatic nitrogens is 2. The highest BCUT2D eigenvalue weighted by atomic mass is 35.5. The number of hydrogen-bond acceptors (Lipinski definition) is 4. The van der Waals surface area contributed by atoms with Crippen LogP contribution < -0.4 is 5.73 Å². The van der Waals surface area contributed by atoms with Gasteiger partial charge in [0.2, 0.25) is 5.89 Å². The van der Waals surface area contributed by atoms with E-state index in [2.05, 4.69) is 10.1 Å². The van der Waals surface area contributed by atoms with Gasteiger partial charge in [-0.3, -0.25) is 0 Å². The molecule has 1 heterocycles. The van der Waals surface area contributed by atoms with Gasteiger partial charge >= 0.3 is 0 Å². The molecule has 0 radical (unpaired) electrons. The number of halogens is 2. The van der Waals surface area contributed by atoms with Gasteiger partial charge in [-0.25, -0.2) is 4.39 Å². The van der Waals surface area contributed by atoms with E-state index < -0.39 is 0 Å². The molecule has 0 unspecified atom stereocenters. The molecule has 2 N–H and O–H groups in total. The maximum Gasteiger partial charge on any atom is 0.227 e. The first kappa shape index (κ1) is 14.9. The Bertz CT molecular complexity index is 566. The van der Waals surface area contributed by atoms with Crippen molar-refractivity contribution in [2.45, 2.75) is 37.6 Å². The number of nitrogens with zero attached hydrogens (tertiary/aromatic N) is 2. The highest BCUT2D eigenvalue weighted by Gasteiger charge is 2.38. The third-order valence-corrected chi connectivity index (χ3v) is 3.70. The van der Waals surface area contributed by atoms with Crippen LogP contribution in [0.15, 0.2) is 28.8 Å². The van der Waals surface area contributed by atoms with E-state index >= 15 is 0 Å². The lowest BCUT2D eigenvalue weighted by molar-refractivity contribution is 0.229. The Labute approximate surface area is 123 Å². The van der Waals surface area contributed by atoms with Gasteiger partial charge in [-0.1, -0.05) is 17.3 Å². The van der Waals surface area contributed by atoms with Crippen LogP contribution in [-0.4, -0.2) is 10.1 Å². The molecule has 1 fully saturated rings. The molecule has 0 saturated heterocycles. The topological polar surface area (TPSA) is 64.9 Å². The monoisotopic (exact) mass is 297 g/mol. The normalized spacial score (nSPS) is 16.3. The summed E-state index contributed by atoms with van der Waals surface area (Å²) < 4.78 is 18.0. The summed E-state index contributed by atoms with van der Waals surface area (Å²) in [6.45, 7) is 0. The lowest BCUT2D eigenvalue weighted by atomic mass is 9.77. The number of nitrogens with two attached hydrogens (primary N) is 1. The summed E-state index contributed by atoms with van der Waals surface area (Å²) in [5, 5.41) is 3.97. The van der Waals surface area contributed by atoms with Gasteiger partial charge in [0.05, 0.1) is 5.54 Å². The minimum absolute atomic E-state index is 0. The van der Waals surface area contributed by atoms with Crippen molar-refractivity contribution in [1.29, 1.82) is 0 Å². The average molecular weight is 298 g/mol. The summed E-state index contributed by atoms with van der Waals surface area (Å²) in [6, 6.07) is 6.45. The van der Waals surface area contributed by atoms with Crippen molar-refractivity contribution in [3.63, 3.8) is 0 Å². The Hall–Kier alpha value is -1.46. The van der Waals surface area contributed by atoms with E-state index in [0.29, 0.717) is 18.1 Å². The third kappa shape index (κ3) is 2.99. The fraction of sp³-hybridized carbons (Fsp3) is 0.429. The largest absolute Gasteiger partial charge is 0.339 e. The number of hydrogen-bond donors (Lipinski definition) is 1. The molecule has 0 spiro atoms. The molecular weight excluding hydrogens is 281 g/mol. The van der Waals surface area contributed by atoms with Gasteiger partial charge in [-0.2, -0.15) is 4.98 Å². The van der Waals surface area contributed by atoms with Crippen LogP contribution in [0.4, 0.5) is 4.39 Å². The summed E-state index contributed by atoms with van der Waals surface area (Å²) >= 11 is 0. The highest BCUT2D eigenvalue weighted by Crippen LogP contribution is 2.36. The fourth-order valence-corrected chi connectivity index (χ4v) is 2.24. The molecule has 4 nitrogen and oxygen atoms in total. The van der Waals surface area contributed by atoms with Crippen molar-refractivity contribution < 1.29 is 8.91 Å². The maximum atomic E-state index is 12.8. The second-order valence-electron chi connectivity index (χ2n) is 5.15. The van der Waals surface area contributed by atoms with E-state index in [1.807, 2.05) is 0 Å². The van der Waals surface area contributed by atoms with Crippen LogP contribution >= 0.6 is 12.4 Å². The number of aryl methyl sites for hydroxylation is 2. The first-order chi connectivity index (χ1) is 9.16. The van der Waals surface area contributed by atoms with Crippen LogP contribution in [0.5, 0.6) is 0 Å². The molecule has 1 aliphatic carbocycles. The fourth-order valence-electron chi connectivity index (χ4n) is 2.24. The van der Waals surface area contributed by atoms with Gasteiger partial charge in [0, 0.05) is 6.42 Å². The second-order valence-corrected chi connectivity index (χ2v) is 5.15. The van der Waals surface area contributed by atoms with Crippen LogP contribution in [0.25, 0.3) is 0 Å². The summed E-state index contributed by atoms with van der Waals surface area (Å²) in [5.41, 5.74) is 6.81. The molecule has 1 aromatic heterocycles. The standard InChI is InChI=1S/C14H16FN3O.ClH/c15-11-5-2-10(3-6-11)4-7-12-17-13(18-19-12)14(16)8-1-9-14;/h2-3,5-6H,1,4,7-9,16H2;1H. The number of benzene rings is 1. The van der Waals surface area contributed by atoms with Gasteiger partial charge in [-0.15, -0.1) is 12.4 Å². The molecular formula is C14H17ClFN3O.